The van der Waals surface area contributed by atoms with E-state index in [9.17, 15) is 24.5 Å². The highest BCUT2D eigenvalue weighted by atomic mass is 16.6. The number of Topliss-reactive ketones (excluding diaryl/α,β-unsaturated/α-hetero) is 1. The molecule has 2 aromatic carbocycles. The molecule has 2 aromatic rings. The van der Waals surface area contributed by atoms with Gasteiger partial charge in [0, 0.05) is 23.9 Å². The van der Waals surface area contributed by atoms with Crippen molar-refractivity contribution in [1.82, 2.24) is 5.01 Å². The summed E-state index contributed by atoms with van der Waals surface area (Å²) in [4.78, 5) is 51.8. The van der Waals surface area contributed by atoms with Crippen LogP contribution in [0.2, 0.25) is 0 Å². The zero-order chi connectivity index (χ0) is 23.3. The number of imide groups is 1. The monoisotopic (exact) mass is 446 g/mol. The van der Waals surface area contributed by atoms with Gasteiger partial charge in [0.05, 0.1) is 35.6 Å². The molecular formula is C23H18N4O6. The highest BCUT2D eigenvalue weighted by Gasteiger charge is 2.64. The Morgan fingerprint density at radius 1 is 1.03 bits per heavy atom. The highest BCUT2D eigenvalue weighted by molar-refractivity contribution is 6.24. The van der Waals surface area contributed by atoms with E-state index in [2.05, 4.69) is 5.10 Å². The van der Waals surface area contributed by atoms with Gasteiger partial charge in [-0.2, -0.15) is 5.10 Å². The van der Waals surface area contributed by atoms with Gasteiger partial charge >= 0.3 is 0 Å². The van der Waals surface area contributed by atoms with Crippen LogP contribution >= 0.6 is 0 Å². The number of fused-ring (bicyclic) bond motifs is 3. The molecule has 0 spiro atoms. The summed E-state index contributed by atoms with van der Waals surface area (Å²) < 4.78 is 5.15. The number of methoxy groups -OCH3 is 1. The van der Waals surface area contributed by atoms with Crippen LogP contribution in [0.3, 0.4) is 0 Å². The van der Waals surface area contributed by atoms with Gasteiger partial charge in [-0.25, -0.2) is 4.90 Å². The minimum atomic E-state index is -0.964. The van der Waals surface area contributed by atoms with Crippen LogP contribution in [0.4, 0.5) is 11.4 Å². The molecule has 3 aliphatic rings. The lowest BCUT2D eigenvalue weighted by Gasteiger charge is -2.30. The number of ketones is 1. The van der Waals surface area contributed by atoms with Crippen LogP contribution in [0.1, 0.15) is 10.4 Å². The number of allylic oxidation sites excluding steroid dienone is 1. The minimum Gasteiger partial charge on any atom is -0.497 e. The number of ether oxygens (including phenoxy) is 1. The van der Waals surface area contributed by atoms with E-state index < -0.39 is 40.7 Å². The molecule has 3 aliphatic heterocycles. The first-order valence-electron chi connectivity index (χ1n) is 10.2. The fourth-order valence-electron chi connectivity index (χ4n) is 4.74. The molecule has 4 atom stereocenters. The summed E-state index contributed by atoms with van der Waals surface area (Å²) in [5, 5.41) is 16.8. The van der Waals surface area contributed by atoms with Gasteiger partial charge in [0.25, 0.3) is 5.69 Å². The first-order chi connectivity index (χ1) is 15.9. The predicted octanol–water partition coefficient (Wildman–Crippen LogP) is 2.20. The molecule has 10 nitrogen and oxygen atoms in total. The van der Waals surface area contributed by atoms with Crippen LogP contribution in [0, 0.1) is 22.0 Å². The molecule has 0 N–H and O–H groups in total. The number of carbonyl (C=O) groups is 3. The Kier molecular flexibility index (Phi) is 4.77. The van der Waals surface area contributed by atoms with Gasteiger partial charge in [-0.15, -0.1) is 0 Å². The summed E-state index contributed by atoms with van der Waals surface area (Å²) in [5.41, 5.74) is 0.454. The number of hydrogen-bond donors (Lipinski definition) is 0. The summed E-state index contributed by atoms with van der Waals surface area (Å²) >= 11 is 0. The van der Waals surface area contributed by atoms with Crippen molar-refractivity contribution in [2.24, 2.45) is 16.9 Å². The summed E-state index contributed by atoms with van der Waals surface area (Å²) in [7, 11) is 1.52. The van der Waals surface area contributed by atoms with Crippen molar-refractivity contribution in [3.8, 4) is 5.75 Å². The summed E-state index contributed by atoms with van der Waals surface area (Å²) in [6.07, 6.45) is 4.97. The average Bonchev–Trinajstić information content (AvgIpc) is 3.31. The number of anilines is 1. The Morgan fingerprint density at radius 2 is 1.70 bits per heavy atom. The van der Waals surface area contributed by atoms with E-state index >= 15 is 0 Å². The maximum absolute atomic E-state index is 13.5. The topological polar surface area (TPSA) is 122 Å². The van der Waals surface area contributed by atoms with Crippen molar-refractivity contribution in [3.63, 3.8) is 0 Å². The smallest absolute Gasteiger partial charge is 0.269 e. The average molecular weight is 446 g/mol. The number of benzene rings is 2. The van der Waals surface area contributed by atoms with Crippen LogP contribution in [0.25, 0.3) is 0 Å². The number of hydrogen-bond acceptors (Lipinski definition) is 8. The standard InChI is InChI=1S/C23H18N4O6/c1-33-16-10-4-13(5-11-16)21(28)20-19-18(17-3-2-12-24-26(17)20)22(29)25(23(19)30)14-6-8-15(9-7-14)27(31)32/h2-12,17-20H,1H3/t17?,18-,19-,20+/m1/s1. The van der Waals surface area contributed by atoms with E-state index in [1.807, 2.05) is 0 Å². The Hall–Kier alpha value is -4.34. The van der Waals surface area contributed by atoms with Crippen LogP contribution in [0.15, 0.2) is 65.8 Å². The first-order valence-corrected chi connectivity index (χ1v) is 10.2. The van der Waals surface area contributed by atoms with Gasteiger partial charge in [-0.1, -0.05) is 6.08 Å². The molecule has 33 heavy (non-hydrogen) atoms. The zero-order valence-electron chi connectivity index (χ0n) is 17.4. The molecule has 2 saturated heterocycles. The molecule has 3 heterocycles. The summed E-state index contributed by atoms with van der Waals surface area (Å²) in [5.74, 6) is -2.46. The molecule has 0 aliphatic carbocycles. The summed E-state index contributed by atoms with van der Waals surface area (Å²) in [6.45, 7) is 0. The second kappa shape index (κ2) is 7.66. The molecule has 1 unspecified atom stereocenters. The van der Waals surface area contributed by atoms with Crippen LogP contribution < -0.4 is 9.64 Å². The number of non-ortho nitro benzene ring substituents is 1. The molecule has 0 aromatic heterocycles. The van der Waals surface area contributed by atoms with Crippen LogP contribution in [0.5, 0.6) is 5.75 Å². The predicted molar refractivity (Wildman–Crippen MR) is 117 cm³/mol. The van der Waals surface area contributed by atoms with Gasteiger partial charge < -0.3 is 4.74 Å². The minimum absolute atomic E-state index is 0.152. The van der Waals surface area contributed by atoms with Crippen molar-refractivity contribution in [1.29, 1.82) is 0 Å². The van der Waals surface area contributed by atoms with Crippen LogP contribution in [-0.4, -0.2) is 52.9 Å². The molecule has 2 fully saturated rings. The number of nitro benzene ring substituents is 1. The fourth-order valence-corrected chi connectivity index (χ4v) is 4.74. The van der Waals surface area contributed by atoms with Crippen molar-refractivity contribution >= 4 is 35.2 Å². The maximum atomic E-state index is 13.5. The molecule has 10 heteroatoms. The number of nitro groups is 1. The van der Waals surface area contributed by atoms with Gasteiger partial charge in [0.2, 0.25) is 11.8 Å². The van der Waals surface area contributed by atoms with Crippen LogP contribution in [-0.2, 0) is 9.59 Å². The first kappa shape index (κ1) is 20.6. The van der Waals surface area contributed by atoms with Crippen molar-refractivity contribution in [2.45, 2.75) is 12.1 Å². The lowest BCUT2D eigenvalue weighted by atomic mass is 9.86. The number of carbonyl (C=O) groups excluding carboxylic acids is 3. The van der Waals surface area contributed by atoms with E-state index in [-0.39, 0.29) is 17.2 Å². The molecule has 166 valence electrons. The van der Waals surface area contributed by atoms with E-state index in [4.69, 9.17) is 4.74 Å². The lowest BCUT2D eigenvalue weighted by molar-refractivity contribution is -0.384. The third kappa shape index (κ3) is 3.10. The van der Waals surface area contributed by atoms with E-state index in [0.717, 1.165) is 4.90 Å². The zero-order valence-corrected chi connectivity index (χ0v) is 17.4. The van der Waals surface area contributed by atoms with Crippen molar-refractivity contribution in [3.05, 3.63) is 76.4 Å². The molecular weight excluding hydrogens is 428 g/mol. The van der Waals surface area contributed by atoms with Gasteiger partial charge in [0.15, 0.2) is 5.78 Å². The van der Waals surface area contributed by atoms with E-state index in [0.29, 0.717) is 11.3 Å². The Balaban J connectivity index is 1.53. The van der Waals surface area contributed by atoms with E-state index in [1.165, 1.54) is 42.6 Å². The third-order valence-electron chi connectivity index (χ3n) is 6.25. The fraction of sp³-hybridized carbons (Fsp3) is 0.217. The number of rotatable bonds is 5. The maximum Gasteiger partial charge on any atom is 0.269 e. The molecule has 5 rings (SSSR count). The van der Waals surface area contributed by atoms with Gasteiger partial charge in [-0.3, -0.25) is 29.5 Å². The molecule has 0 bridgehead atoms. The van der Waals surface area contributed by atoms with Gasteiger partial charge in [-0.05, 0) is 42.5 Å². The summed E-state index contributed by atoms with van der Waals surface area (Å²) in [6, 6.07) is 10.2. The Labute approximate surface area is 187 Å². The van der Waals surface area contributed by atoms with E-state index in [1.54, 1.807) is 36.4 Å². The number of nitrogens with zero attached hydrogens (tertiary/aromatic N) is 4. The second-order valence-electron chi connectivity index (χ2n) is 7.89. The molecule has 2 amide bonds. The number of hydrazone groups is 1. The van der Waals surface area contributed by atoms with Crippen molar-refractivity contribution < 1.29 is 24.0 Å². The highest BCUT2D eigenvalue weighted by Crippen LogP contribution is 2.46. The van der Waals surface area contributed by atoms with Gasteiger partial charge in [0.1, 0.15) is 11.8 Å². The largest absolute Gasteiger partial charge is 0.497 e. The molecule has 0 radical (unpaired) electrons. The molecule has 0 saturated carbocycles. The van der Waals surface area contributed by atoms with Crippen molar-refractivity contribution in [2.75, 3.05) is 12.0 Å². The quantitative estimate of drug-likeness (QED) is 0.299. The lowest BCUT2D eigenvalue weighted by Crippen LogP contribution is -2.46. The SMILES string of the molecule is COc1ccc(C(=O)[C@@H]2[C@@H]3C(=O)N(c4ccc([N+](=O)[O-])cc4)C(=O)[C@@H]3C3C=CC=NN32)cc1. The third-order valence-corrected chi connectivity index (χ3v) is 6.25. The Bertz CT molecular complexity index is 1220. The number of amides is 2. The normalized spacial score (nSPS) is 25.2. The Morgan fingerprint density at radius 3 is 2.33 bits per heavy atom. The second-order valence-corrected chi connectivity index (χ2v) is 7.89.